The zero-order chi connectivity index (χ0) is 25.3. The molecule has 0 bridgehead atoms. The van der Waals surface area contributed by atoms with Crippen molar-refractivity contribution in [2.75, 3.05) is 11.9 Å². The third-order valence-electron chi connectivity index (χ3n) is 6.01. The molecular weight excluding hydrogens is 465 g/mol. The van der Waals surface area contributed by atoms with Crippen LogP contribution in [0.3, 0.4) is 0 Å². The Balaban J connectivity index is 1.58. The summed E-state index contributed by atoms with van der Waals surface area (Å²) in [5, 5.41) is 1.87. The molecule has 0 spiro atoms. The molecule has 35 heavy (non-hydrogen) atoms. The van der Waals surface area contributed by atoms with E-state index in [1.165, 1.54) is 23.8 Å². The maximum absolute atomic E-state index is 13.8. The second-order valence-electron chi connectivity index (χ2n) is 8.39. The van der Waals surface area contributed by atoms with Gasteiger partial charge in [-0.2, -0.15) is 0 Å². The number of thioether (sulfide) groups is 1. The molecule has 0 aliphatic carbocycles. The zero-order valence-corrected chi connectivity index (χ0v) is 20.8. The number of halogens is 1. The van der Waals surface area contributed by atoms with Gasteiger partial charge in [0.2, 0.25) is 5.91 Å². The molecule has 3 aromatic rings. The Bertz CT molecular complexity index is 1380. The van der Waals surface area contributed by atoms with Crippen LogP contribution in [0.4, 0.5) is 14.9 Å². The van der Waals surface area contributed by atoms with Gasteiger partial charge in [-0.05, 0) is 79.9 Å². The number of hydrogen-bond donors (Lipinski definition) is 1. The molecule has 1 saturated heterocycles. The van der Waals surface area contributed by atoms with Crippen molar-refractivity contribution in [3.63, 3.8) is 0 Å². The molecule has 0 radical (unpaired) electrons. The molecule has 2 heterocycles. The quantitative estimate of drug-likeness (QED) is 0.444. The molecule has 0 atom stereocenters. The van der Waals surface area contributed by atoms with E-state index in [0.717, 1.165) is 51.3 Å². The van der Waals surface area contributed by atoms with Gasteiger partial charge < -0.3 is 9.88 Å². The van der Waals surface area contributed by atoms with Crippen molar-refractivity contribution in [1.29, 1.82) is 0 Å². The molecule has 1 fully saturated rings. The van der Waals surface area contributed by atoms with E-state index in [-0.39, 0.29) is 10.6 Å². The molecule has 1 aromatic heterocycles. The second kappa shape index (κ2) is 9.92. The number of aromatic nitrogens is 1. The molecule has 6 nitrogen and oxygen atoms in total. The number of hydrogen-bond acceptors (Lipinski definition) is 4. The van der Waals surface area contributed by atoms with E-state index in [4.69, 9.17) is 0 Å². The minimum Gasteiger partial charge on any atom is -0.322 e. The second-order valence-corrected chi connectivity index (χ2v) is 9.39. The minimum atomic E-state index is -0.650. The van der Waals surface area contributed by atoms with Gasteiger partial charge in [0.25, 0.3) is 11.1 Å². The molecule has 8 heteroatoms. The van der Waals surface area contributed by atoms with Crippen LogP contribution in [0.25, 0.3) is 11.8 Å². The Hall–Kier alpha value is -3.65. The lowest BCUT2D eigenvalue weighted by atomic mass is 10.1. The number of imide groups is 1. The van der Waals surface area contributed by atoms with Crippen molar-refractivity contribution in [2.24, 2.45) is 0 Å². The highest BCUT2D eigenvalue weighted by Crippen LogP contribution is 2.34. The molecule has 1 aliphatic heterocycles. The third kappa shape index (κ3) is 4.79. The van der Waals surface area contributed by atoms with Crippen LogP contribution in [0.15, 0.2) is 53.4 Å². The number of aryl methyl sites for hydroxylation is 3. The molecule has 180 valence electrons. The van der Waals surface area contributed by atoms with Crippen LogP contribution in [-0.4, -0.2) is 33.1 Å². The van der Waals surface area contributed by atoms with Gasteiger partial charge in [0, 0.05) is 11.4 Å². The number of amides is 3. The van der Waals surface area contributed by atoms with Crippen LogP contribution in [-0.2, 0) is 16.0 Å². The van der Waals surface area contributed by atoms with Crippen molar-refractivity contribution in [1.82, 2.24) is 9.47 Å². The van der Waals surface area contributed by atoms with Gasteiger partial charge in [-0.1, -0.05) is 37.3 Å². The highest BCUT2D eigenvalue weighted by atomic mass is 32.2. The standard InChI is InChI=1S/C27H26FN3O3S/c1-5-19-10-8-9-16(2)25(19)31-17(3)13-20(18(31)4)14-23-26(33)30(27(34)35-23)15-24(32)29-22-12-7-6-11-21(22)28/h6-14H,5,15H2,1-4H3,(H,29,32)/b23-14+. The average Bonchev–Trinajstić information content (AvgIpc) is 3.24. The number of carbonyl (C=O) groups is 3. The average molecular weight is 492 g/mol. The van der Waals surface area contributed by atoms with Gasteiger partial charge >= 0.3 is 0 Å². The topological polar surface area (TPSA) is 71.4 Å². The highest BCUT2D eigenvalue weighted by molar-refractivity contribution is 8.18. The first-order chi connectivity index (χ1) is 16.7. The van der Waals surface area contributed by atoms with Crippen LogP contribution in [0.2, 0.25) is 0 Å². The first-order valence-electron chi connectivity index (χ1n) is 11.3. The lowest BCUT2D eigenvalue weighted by Crippen LogP contribution is -2.36. The molecule has 0 saturated carbocycles. The van der Waals surface area contributed by atoms with Crippen molar-refractivity contribution in [3.8, 4) is 5.69 Å². The van der Waals surface area contributed by atoms with Crippen LogP contribution in [0, 0.1) is 26.6 Å². The number of carbonyl (C=O) groups excluding carboxylic acids is 3. The minimum absolute atomic E-state index is 0.00453. The van der Waals surface area contributed by atoms with Crippen molar-refractivity contribution >= 4 is 40.6 Å². The SMILES string of the molecule is CCc1cccc(C)c1-n1c(C)cc(/C=C2/SC(=O)N(CC(=O)Nc3ccccc3F)C2=O)c1C. The molecule has 3 amide bonds. The summed E-state index contributed by atoms with van der Waals surface area (Å²) < 4.78 is 16.0. The predicted molar refractivity (Wildman–Crippen MR) is 137 cm³/mol. The van der Waals surface area contributed by atoms with Gasteiger partial charge in [-0.25, -0.2) is 4.39 Å². The van der Waals surface area contributed by atoms with E-state index in [1.54, 1.807) is 12.1 Å². The Morgan fingerprint density at radius 1 is 1.09 bits per heavy atom. The first-order valence-corrected chi connectivity index (χ1v) is 12.1. The summed E-state index contributed by atoms with van der Waals surface area (Å²) in [5.74, 6) is -1.78. The monoisotopic (exact) mass is 491 g/mol. The van der Waals surface area contributed by atoms with E-state index < -0.39 is 29.4 Å². The molecule has 1 aliphatic rings. The van der Waals surface area contributed by atoms with E-state index in [2.05, 4.69) is 35.9 Å². The fourth-order valence-electron chi connectivity index (χ4n) is 4.28. The number of nitrogens with zero attached hydrogens (tertiary/aromatic N) is 2. The largest absolute Gasteiger partial charge is 0.322 e. The van der Waals surface area contributed by atoms with Gasteiger partial charge in [0.15, 0.2) is 0 Å². The van der Waals surface area contributed by atoms with Crippen LogP contribution >= 0.6 is 11.8 Å². The maximum Gasteiger partial charge on any atom is 0.294 e. The van der Waals surface area contributed by atoms with E-state index >= 15 is 0 Å². The third-order valence-corrected chi connectivity index (χ3v) is 6.91. The maximum atomic E-state index is 13.8. The predicted octanol–water partition coefficient (Wildman–Crippen LogP) is 5.78. The number of rotatable bonds is 6. The number of benzene rings is 2. The number of anilines is 1. The fraction of sp³-hybridized carbons (Fsp3) is 0.222. The Morgan fingerprint density at radius 3 is 2.54 bits per heavy atom. The van der Waals surface area contributed by atoms with Gasteiger partial charge in [0.05, 0.1) is 16.3 Å². The van der Waals surface area contributed by atoms with E-state index in [0.29, 0.717) is 0 Å². The summed E-state index contributed by atoms with van der Waals surface area (Å²) >= 11 is 0.794. The summed E-state index contributed by atoms with van der Waals surface area (Å²) in [6.45, 7) is 7.70. The van der Waals surface area contributed by atoms with Crippen molar-refractivity contribution in [2.45, 2.75) is 34.1 Å². The summed E-state index contributed by atoms with van der Waals surface area (Å²) in [7, 11) is 0. The lowest BCUT2D eigenvalue weighted by Gasteiger charge is -2.17. The van der Waals surface area contributed by atoms with Gasteiger partial charge in [-0.3, -0.25) is 19.3 Å². The summed E-state index contributed by atoms with van der Waals surface area (Å²) in [6, 6.07) is 13.9. The van der Waals surface area contributed by atoms with E-state index in [9.17, 15) is 18.8 Å². The zero-order valence-electron chi connectivity index (χ0n) is 20.0. The fourth-order valence-corrected chi connectivity index (χ4v) is 5.11. The van der Waals surface area contributed by atoms with Crippen molar-refractivity contribution in [3.05, 3.63) is 87.3 Å². The highest BCUT2D eigenvalue weighted by Gasteiger charge is 2.36. The van der Waals surface area contributed by atoms with Gasteiger partial charge in [-0.15, -0.1) is 0 Å². The molecule has 0 unspecified atom stereocenters. The van der Waals surface area contributed by atoms with Crippen molar-refractivity contribution < 1.29 is 18.8 Å². The van der Waals surface area contributed by atoms with E-state index in [1.807, 2.05) is 26.0 Å². The first kappa shape index (κ1) is 24.5. The van der Waals surface area contributed by atoms with Gasteiger partial charge in [0.1, 0.15) is 12.4 Å². The normalized spacial score (nSPS) is 14.8. The number of nitrogens with one attached hydrogen (secondary N) is 1. The number of para-hydroxylation sites is 2. The van der Waals surface area contributed by atoms with Crippen LogP contribution in [0.5, 0.6) is 0 Å². The Kier molecular flexibility index (Phi) is 6.93. The Morgan fingerprint density at radius 2 is 1.83 bits per heavy atom. The summed E-state index contributed by atoms with van der Waals surface area (Å²) in [5.41, 5.74) is 6.29. The van der Waals surface area contributed by atoms with Crippen LogP contribution in [0.1, 0.15) is 35.0 Å². The Labute approximate surface area is 207 Å². The van der Waals surface area contributed by atoms with Crippen LogP contribution < -0.4 is 5.32 Å². The smallest absolute Gasteiger partial charge is 0.294 e. The summed E-state index contributed by atoms with van der Waals surface area (Å²) in [4.78, 5) is 39.0. The summed E-state index contributed by atoms with van der Waals surface area (Å²) in [6.07, 6.45) is 2.58. The molecular formula is C27H26FN3O3S. The molecule has 4 rings (SSSR count). The lowest BCUT2D eigenvalue weighted by molar-refractivity contribution is -0.127. The molecule has 2 aromatic carbocycles. The molecule has 1 N–H and O–H groups in total.